The monoisotopic (exact) mass is 404 g/mol. The van der Waals surface area contributed by atoms with Crippen LogP contribution in [0.3, 0.4) is 0 Å². The van der Waals surface area contributed by atoms with Gasteiger partial charge in [-0.3, -0.25) is 4.98 Å². The van der Waals surface area contributed by atoms with Gasteiger partial charge in [0.25, 0.3) is 0 Å². The molecule has 0 saturated carbocycles. The number of aliphatic hydroxyl groups is 4. The van der Waals surface area contributed by atoms with Gasteiger partial charge in [-0.15, -0.1) is 5.10 Å². The molecule has 1 aliphatic rings. The molecule has 0 aliphatic carbocycles. The maximum Gasteiger partial charge on any atom is 1.00 e. The summed E-state index contributed by atoms with van der Waals surface area (Å²) in [5, 5.41) is 57.1. The Hall–Kier alpha value is -1.48. The zero-order valence-corrected chi connectivity index (χ0v) is 16.8. The molecule has 0 aromatic carbocycles. The Labute approximate surface area is 180 Å². The maximum atomic E-state index is 10.9. The van der Waals surface area contributed by atoms with Gasteiger partial charge in [0, 0.05) is 11.8 Å². The first-order chi connectivity index (χ1) is 12.9. The molecule has 2 aromatic heterocycles. The molecule has 1 saturated heterocycles. The number of pyridine rings is 1. The minimum atomic E-state index is -1.55. The molecule has 4 N–H and O–H groups in total. The van der Waals surface area contributed by atoms with Crippen molar-refractivity contribution < 1.29 is 69.4 Å². The predicted molar refractivity (Wildman–Crippen MR) is 82.0 cm³/mol. The minimum absolute atomic E-state index is 0. The maximum absolute atomic E-state index is 10.9. The number of carbonyl (C=O) groups excluding carboxylic acids is 1. The predicted octanol–water partition coefficient (Wildman–Crippen LogP) is -6.65. The van der Waals surface area contributed by atoms with E-state index in [1.165, 1.54) is 23.1 Å². The van der Waals surface area contributed by atoms with E-state index in [2.05, 4.69) is 15.3 Å². The summed E-state index contributed by atoms with van der Waals surface area (Å²) in [5.74, 6) is -1.38. The van der Waals surface area contributed by atoms with Crippen LogP contribution < -0.4 is 34.7 Å². The van der Waals surface area contributed by atoms with Crippen LogP contribution in [0.25, 0.3) is 5.69 Å². The Morgan fingerprint density at radius 1 is 1.25 bits per heavy atom. The molecular formula is C15H17N4NaO8. The van der Waals surface area contributed by atoms with Gasteiger partial charge >= 0.3 is 29.6 Å². The third-order valence-corrected chi connectivity index (χ3v) is 4.01. The molecule has 0 bridgehead atoms. The standard InChI is InChI=1S/C15H18N4O8.Na/c20-5-10-11(21)12(22)13(23)15(27-10)26-6-8-4-19(18-17-8)9-1-7(14(24)25)2-16-3-9;/h1-4,10-13,15,20-23H,5-6H2,(H,24,25);/q;+1/p-1/t10-,11-,12+,13+,15+;/m1./s1. The van der Waals surface area contributed by atoms with Crippen molar-refractivity contribution in [3.05, 3.63) is 35.9 Å². The number of carboxylic acid groups (broad SMARTS) is 1. The molecule has 3 heterocycles. The van der Waals surface area contributed by atoms with Crippen LogP contribution >= 0.6 is 0 Å². The zero-order chi connectivity index (χ0) is 19.6. The number of aromatic carboxylic acids is 1. The van der Waals surface area contributed by atoms with E-state index in [0.717, 1.165) is 6.20 Å². The van der Waals surface area contributed by atoms with Gasteiger partial charge in [-0.25, -0.2) is 4.68 Å². The van der Waals surface area contributed by atoms with Crippen LogP contribution in [0.15, 0.2) is 24.7 Å². The molecule has 12 nitrogen and oxygen atoms in total. The van der Waals surface area contributed by atoms with E-state index in [1.807, 2.05) is 0 Å². The molecule has 1 fully saturated rings. The minimum Gasteiger partial charge on any atom is -0.545 e. The van der Waals surface area contributed by atoms with Crippen molar-refractivity contribution in [2.45, 2.75) is 37.3 Å². The molecule has 0 spiro atoms. The van der Waals surface area contributed by atoms with Crippen molar-refractivity contribution >= 4 is 5.97 Å². The van der Waals surface area contributed by atoms with Gasteiger partial charge in [0.2, 0.25) is 0 Å². The second-order valence-corrected chi connectivity index (χ2v) is 5.88. The molecule has 28 heavy (non-hydrogen) atoms. The van der Waals surface area contributed by atoms with Gasteiger partial charge in [0.1, 0.15) is 30.1 Å². The van der Waals surface area contributed by atoms with Crippen LogP contribution in [0, 0.1) is 0 Å². The largest absolute Gasteiger partial charge is 1.00 e. The van der Waals surface area contributed by atoms with Crippen molar-refractivity contribution in [2.24, 2.45) is 0 Å². The molecular weight excluding hydrogens is 387 g/mol. The molecule has 2 aromatic rings. The second-order valence-electron chi connectivity index (χ2n) is 5.88. The van der Waals surface area contributed by atoms with Crippen molar-refractivity contribution in [3.8, 4) is 5.69 Å². The summed E-state index contributed by atoms with van der Waals surface area (Å²) in [5.41, 5.74) is 0.524. The smallest absolute Gasteiger partial charge is 0.545 e. The van der Waals surface area contributed by atoms with E-state index in [1.54, 1.807) is 0 Å². The number of aromatic nitrogens is 4. The Balaban J connectivity index is 0.00000280. The topological polar surface area (TPSA) is 183 Å². The van der Waals surface area contributed by atoms with Crippen LogP contribution in [0.4, 0.5) is 0 Å². The number of hydrogen-bond acceptors (Lipinski definition) is 11. The number of hydrogen-bond donors (Lipinski definition) is 4. The van der Waals surface area contributed by atoms with Gasteiger partial charge in [0.05, 0.1) is 37.3 Å². The Bertz CT molecular complexity index is 804. The Morgan fingerprint density at radius 3 is 2.68 bits per heavy atom. The van der Waals surface area contributed by atoms with Gasteiger partial charge in [0.15, 0.2) is 6.29 Å². The van der Waals surface area contributed by atoms with E-state index in [-0.39, 0.29) is 41.7 Å². The summed E-state index contributed by atoms with van der Waals surface area (Å²) >= 11 is 0. The molecule has 0 amide bonds. The van der Waals surface area contributed by atoms with Gasteiger partial charge in [-0.1, -0.05) is 5.21 Å². The van der Waals surface area contributed by atoms with Crippen molar-refractivity contribution in [1.29, 1.82) is 0 Å². The van der Waals surface area contributed by atoms with E-state index in [4.69, 9.17) is 14.6 Å². The molecule has 146 valence electrons. The number of carbonyl (C=O) groups is 1. The van der Waals surface area contributed by atoms with Crippen LogP contribution in [0.5, 0.6) is 0 Å². The molecule has 5 atom stereocenters. The average Bonchev–Trinajstić information content (AvgIpc) is 3.15. The number of ether oxygens (including phenoxy) is 2. The summed E-state index contributed by atoms with van der Waals surface area (Å²) in [7, 11) is 0. The SMILES string of the molecule is O=C([O-])c1cncc(-n2cc(CO[C@H]3O[C@H](CO)[C@@H](O)[C@H](O)[C@@H]3O)nn2)c1.[Na+]. The Kier molecular flexibility index (Phi) is 8.00. The van der Waals surface area contributed by atoms with E-state index >= 15 is 0 Å². The first-order valence-corrected chi connectivity index (χ1v) is 7.91. The van der Waals surface area contributed by atoms with Crippen LogP contribution in [-0.2, 0) is 16.1 Å². The first-order valence-electron chi connectivity index (χ1n) is 7.91. The van der Waals surface area contributed by atoms with Crippen molar-refractivity contribution in [2.75, 3.05) is 6.61 Å². The number of rotatable bonds is 6. The summed E-state index contributed by atoms with van der Waals surface area (Å²) < 4.78 is 11.8. The molecule has 1 aliphatic heterocycles. The summed E-state index contributed by atoms with van der Waals surface area (Å²) in [6.45, 7) is -0.737. The summed E-state index contributed by atoms with van der Waals surface area (Å²) in [6, 6.07) is 1.30. The fraction of sp³-hybridized carbons (Fsp3) is 0.467. The van der Waals surface area contributed by atoms with Crippen LogP contribution in [-0.4, -0.2) is 83.7 Å². The fourth-order valence-electron chi connectivity index (χ4n) is 2.53. The molecule has 0 unspecified atom stereocenters. The van der Waals surface area contributed by atoms with E-state index in [0.29, 0.717) is 11.4 Å². The van der Waals surface area contributed by atoms with Gasteiger partial charge in [-0.2, -0.15) is 0 Å². The Morgan fingerprint density at radius 2 is 2.00 bits per heavy atom. The summed E-state index contributed by atoms with van der Waals surface area (Å²) in [6.07, 6.45) is -2.97. The second kappa shape index (κ2) is 9.82. The van der Waals surface area contributed by atoms with Crippen molar-refractivity contribution in [1.82, 2.24) is 20.0 Å². The fourth-order valence-corrected chi connectivity index (χ4v) is 2.53. The number of nitrogens with zero attached hydrogens (tertiary/aromatic N) is 4. The average molecular weight is 404 g/mol. The number of carboxylic acids is 1. The molecule has 13 heteroatoms. The van der Waals surface area contributed by atoms with Crippen LogP contribution in [0.2, 0.25) is 0 Å². The van der Waals surface area contributed by atoms with E-state index in [9.17, 15) is 25.2 Å². The first kappa shape index (κ1) is 22.8. The van der Waals surface area contributed by atoms with E-state index < -0.39 is 43.3 Å². The quantitative estimate of drug-likeness (QED) is 0.336. The number of aliphatic hydroxyl groups excluding tert-OH is 4. The summed E-state index contributed by atoms with van der Waals surface area (Å²) in [4.78, 5) is 14.7. The van der Waals surface area contributed by atoms with Gasteiger partial charge in [-0.05, 0) is 6.07 Å². The molecule has 0 radical (unpaired) electrons. The normalized spacial score (nSPS) is 27.2. The zero-order valence-electron chi connectivity index (χ0n) is 14.8. The third-order valence-electron chi connectivity index (χ3n) is 4.01. The van der Waals surface area contributed by atoms with Crippen molar-refractivity contribution in [3.63, 3.8) is 0 Å². The molecule has 3 rings (SSSR count). The van der Waals surface area contributed by atoms with Crippen LogP contribution in [0.1, 0.15) is 16.1 Å². The van der Waals surface area contributed by atoms with Gasteiger partial charge < -0.3 is 39.8 Å². The third kappa shape index (κ3) is 4.92.